The summed E-state index contributed by atoms with van der Waals surface area (Å²) in [6, 6.07) is 24.6. The van der Waals surface area contributed by atoms with Crippen molar-refractivity contribution >= 4 is 23.5 Å². The summed E-state index contributed by atoms with van der Waals surface area (Å²) in [5.41, 5.74) is 1.65. The fourth-order valence-corrected chi connectivity index (χ4v) is 4.81. The molecule has 4 N–H and O–H groups in total. The first-order chi connectivity index (χ1) is 19.9. The summed E-state index contributed by atoms with van der Waals surface area (Å²) in [4.78, 5) is 39.0. The molecule has 1 aromatic heterocycles. The Morgan fingerprint density at radius 1 is 0.805 bits per heavy atom. The van der Waals surface area contributed by atoms with Gasteiger partial charge in [0.2, 0.25) is 5.91 Å². The first-order valence-corrected chi connectivity index (χ1v) is 13.5. The highest BCUT2D eigenvalue weighted by molar-refractivity contribution is 6.01. The lowest BCUT2D eigenvalue weighted by Gasteiger charge is -2.29. The van der Waals surface area contributed by atoms with Gasteiger partial charge in [-0.05, 0) is 91.9 Å². The van der Waals surface area contributed by atoms with E-state index in [0.29, 0.717) is 17.2 Å². The Morgan fingerprint density at radius 2 is 1.46 bits per heavy atom. The summed E-state index contributed by atoms with van der Waals surface area (Å²) in [5, 5.41) is 15.0. The van der Waals surface area contributed by atoms with Gasteiger partial charge in [-0.3, -0.25) is 9.59 Å². The highest BCUT2D eigenvalue weighted by Gasteiger charge is 2.24. The number of ether oxygens (including phenoxy) is 2. The minimum absolute atomic E-state index is 0.0440. The van der Waals surface area contributed by atoms with Gasteiger partial charge < -0.3 is 30.2 Å². The monoisotopic (exact) mass is 553 g/mol. The number of hydrogen-bond donors (Lipinski definition) is 4. The number of rotatable bonds is 10. The molecule has 5 rings (SSSR count). The maximum atomic E-state index is 12.4. The number of nitrogens with one attached hydrogen (secondary N) is 3. The van der Waals surface area contributed by atoms with E-state index in [4.69, 9.17) is 9.47 Å². The smallest absolute Gasteiger partial charge is 0.337 e. The molecule has 3 aromatic carbocycles. The number of carbonyl (C=O) groups excluding carboxylic acids is 2. The summed E-state index contributed by atoms with van der Waals surface area (Å²) in [6.45, 7) is 0. The molecule has 0 unspecified atom stereocenters. The van der Waals surface area contributed by atoms with E-state index in [2.05, 4.69) is 15.6 Å². The lowest BCUT2D eigenvalue weighted by Crippen LogP contribution is -2.39. The van der Waals surface area contributed by atoms with Crippen molar-refractivity contribution in [2.24, 2.45) is 0 Å². The van der Waals surface area contributed by atoms with Crippen molar-refractivity contribution in [2.75, 3.05) is 5.32 Å². The van der Waals surface area contributed by atoms with E-state index in [1.54, 1.807) is 54.7 Å². The number of aromatic amines is 1. The molecule has 1 saturated carbocycles. The summed E-state index contributed by atoms with van der Waals surface area (Å²) in [7, 11) is 0. The summed E-state index contributed by atoms with van der Waals surface area (Å²) in [5.74, 6) is 0.567. The van der Waals surface area contributed by atoms with Gasteiger partial charge in [-0.25, -0.2) is 4.79 Å². The lowest BCUT2D eigenvalue weighted by molar-refractivity contribution is -0.115. The van der Waals surface area contributed by atoms with Gasteiger partial charge in [-0.15, -0.1) is 0 Å². The van der Waals surface area contributed by atoms with Gasteiger partial charge in [0.25, 0.3) is 5.91 Å². The Labute approximate surface area is 237 Å². The molecule has 4 aromatic rings. The van der Waals surface area contributed by atoms with Crippen molar-refractivity contribution in [2.45, 2.75) is 44.2 Å². The Bertz CT molecular complexity index is 1470. The van der Waals surface area contributed by atoms with Crippen LogP contribution in [0.25, 0.3) is 0 Å². The highest BCUT2D eigenvalue weighted by atomic mass is 16.5. The number of carboxylic acids is 1. The maximum Gasteiger partial charge on any atom is 0.337 e. The van der Waals surface area contributed by atoms with Crippen LogP contribution in [0.5, 0.6) is 17.2 Å². The van der Waals surface area contributed by atoms with E-state index in [1.807, 2.05) is 30.3 Å². The van der Waals surface area contributed by atoms with Gasteiger partial charge in [-0.2, -0.15) is 0 Å². The van der Waals surface area contributed by atoms with Gasteiger partial charge in [0, 0.05) is 12.2 Å². The number of benzene rings is 3. The second-order valence-electron chi connectivity index (χ2n) is 9.94. The standard InChI is InChI=1S/C32H31N3O6/c36-30(35-28-5-2-1-4-27(28)32(38)39)20-21-7-11-23(12-8-21)40-25-15-17-26(18-16-25)41-24-13-9-22(10-14-24)34-31(37)29-6-3-19-33-29/h1-8,11-12,15-19,22,24,33H,9-10,13-14,20H2,(H,34,37)(H,35,36)(H,38,39). The molecule has 0 saturated heterocycles. The van der Waals surface area contributed by atoms with Crippen LogP contribution in [0.1, 0.15) is 52.1 Å². The normalized spacial score (nSPS) is 16.4. The third-order valence-corrected chi connectivity index (χ3v) is 6.93. The molecular weight excluding hydrogens is 522 g/mol. The molecule has 210 valence electrons. The van der Waals surface area contributed by atoms with Gasteiger partial charge in [0.1, 0.15) is 22.9 Å². The summed E-state index contributed by atoms with van der Waals surface area (Å²) in [6.07, 6.45) is 5.40. The van der Waals surface area contributed by atoms with E-state index in [9.17, 15) is 19.5 Å². The van der Waals surface area contributed by atoms with E-state index in [-0.39, 0.29) is 41.6 Å². The largest absolute Gasteiger partial charge is 0.490 e. The maximum absolute atomic E-state index is 12.4. The number of carbonyl (C=O) groups is 3. The average Bonchev–Trinajstić information content (AvgIpc) is 3.52. The zero-order chi connectivity index (χ0) is 28.6. The molecule has 0 bridgehead atoms. The van der Waals surface area contributed by atoms with E-state index in [1.165, 1.54) is 6.07 Å². The molecule has 41 heavy (non-hydrogen) atoms. The van der Waals surface area contributed by atoms with Crippen LogP contribution in [0.2, 0.25) is 0 Å². The molecule has 2 amide bonds. The first kappa shape index (κ1) is 27.5. The molecule has 1 heterocycles. The Kier molecular flexibility index (Phi) is 8.64. The quantitative estimate of drug-likeness (QED) is 0.196. The molecule has 0 aliphatic heterocycles. The fraction of sp³-hybridized carbons (Fsp3) is 0.219. The third-order valence-electron chi connectivity index (χ3n) is 6.93. The van der Waals surface area contributed by atoms with Crippen molar-refractivity contribution in [1.82, 2.24) is 10.3 Å². The van der Waals surface area contributed by atoms with E-state index < -0.39 is 5.97 Å². The van der Waals surface area contributed by atoms with Gasteiger partial charge in [-0.1, -0.05) is 24.3 Å². The van der Waals surface area contributed by atoms with Crippen LogP contribution in [0.4, 0.5) is 5.69 Å². The molecule has 0 spiro atoms. The fourth-order valence-electron chi connectivity index (χ4n) is 4.81. The lowest BCUT2D eigenvalue weighted by atomic mass is 9.93. The number of carboxylic acid groups (broad SMARTS) is 1. The van der Waals surface area contributed by atoms with Crippen LogP contribution < -0.4 is 20.1 Å². The van der Waals surface area contributed by atoms with E-state index in [0.717, 1.165) is 37.0 Å². The van der Waals surface area contributed by atoms with Gasteiger partial charge >= 0.3 is 5.97 Å². The second-order valence-corrected chi connectivity index (χ2v) is 9.94. The van der Waals surface area contributed by atoms with Crippen molar-refractivity contribution in [3.8, 4) is 17.2 Å². The highest BCUT2D eigenvalue weighted by Crippen LogP contribution is 2.28. The minimum Gasteiger partial charge on any atom is -0.490 e. The summed E-state index contributed by atoms with van der Waals surface area (Å²) < 4.78 is 12.1. The molecule has 0 atom stereocenters. The molecule has 1 fully saturated rings. The predicted octanol–water partition coefficient (Wildman–Crippen LogP) is 5.81. The van der Waals surface area contributed by atoms with Crippen LogP contribution in [0.3, 0.4) is 0 Å². The van der Waals surface area contributed by atoms with Crippen LogP contribution in [-0.4, -0.2) is 40.0 Å². The third kappa shape index (κ3) is 7.54. The Morgan fingerprint density at radius 3 is 2.12 bits per heavy atom. The topological polar surface area (TPSA) is 130 Å². The molecule has 1 aliphatic carbocycles. The zero-order valence-electron chi connectivity index (χ0n) is 22.3. The van der Waals surface area contributed by atoms with Crippen LogP contribution in [-0.2, 0) is 11.2 Å². The van der Waals surface area contributed by atoms with Crippen LogP contribution >= 0.6 is 0 Å². The number of aromatic carboxylic acids is 1. The predicted molar refractivity (Wildman–Crippen MR) is 154 cm³/mol. The number of hydrogen-bond acceptors (Lipinski definition) is 5. The Balaban J connectivity index is 1.06. The molecule has 9 heteroatoms. The van der Waals surface area contributed by atoms with Gasteiger partial charge in [0.15, 0.2) is 0 Å². The number of H-pyrrole nitrogens is 1. The van der Waals surface area contributed by atoms with Crippen molar-refractivity contribution in [1.29, 1.82) is 0 Å². The van der Waals surface area contributed by atoms with Crippen LogP contribution in [0, 0.1) is 0 Å². The minimum atomic E-state index is -1.10. The average molecular weight is 554 g/mol. The molecular formula is C32H31N3O6. The second kappa shape index (κ2) is 12.9. The SMILES string of the molecule is O=C(Cc1ccc(Oc2ccc(OC3CCC(NC(=O)c4ccc[nH]4)CC3)cc2)cc1)Nc1ccccc1C(=O)O. The Hall–Kier alpha value is -5.05. The van der Waals surface area contributed by atoms with E-state index >= 15 is 0 Å². The number of aromatic nitrogens is 1. The molecule has 0 radical (unpaired) electrons. The summed E-state index contributed by atoms with van der Waals surface area (Å²) >= 11 is 0. The number of amides is 2. The zero-order valence-corrected chi connectivity index (χ0v) is 22.3. The van der Waals surface area contributed by atoms with Crippen molar-refractivity contribution < 1.29 is 29.0 Å². The number of anilines is 1. The number of para-hydroxylation sites is 1. The van der Waals surface area contributed by atoms with Crippen molar-refractivity contribution in [3.63, 3.8) is 0 Å². The molecule has 1 aliphatic rings. The first-order valence-electron chi connectivity index (χ1n) is 13.5. The molecule has 9 nitrogen and oxygen atoms in total. The van der Waals surface area contributed by atoms with Gasteiger partial charge in [0.05, 0.1) is 23.8 Å². The van der Waals surface area contributed by atoms with Crippen LogP contribution in [0.15, 0.2) is 91.1 Å². The van der Waals surface area contributed by atoms with Crippen molar-refractivity contribution in [3.05, 3.63) is 108 Å².